The van der Waals surface area contributed by atoms with E-state index in [4.69, 9.17) is 5.11 Å². The van der Waals surface area contributed by atoms with Crippen LogP contribution in [0.2, 0.25) is 0 Å². The third kappa shape index (κ3) is 3.37. The number of thiophene rings is 1. The fraction of sp³-hybridized carbons (Fsp3) is 0.667. The summed E-state index contributed by atoms with van der Waals surface area (Å²) < 4.78 is 0. The summed E-state index contributed by atoms with van der Waals surface area (Å²) in [7, 11) is 0. The number of carboxylic acid groups (broad SMARTS) is 1. The Labute approximate surface area is 119 Å². The maximum absolute atomic E-state index is 11.1. The Kier molecular flexibility index (Phi) is 4.02. The zero-order valence-electron chi connectivity index (χ0n) is 12.1. The van der Waals surface area contributed by atoms with E-state index in [1.807, 2.05) is 18.3 Å². The van der Waals surface area contributed by atoms with E-state index in [1.54, 1.807) is 0 Å². The van der Waals surface area contributed by atoms with Crippen molar-refractivity contribution in [3.8, 4) is 0 Å². The molecule has 4 heteroatoms. The van der Waals surface area contributed by atoms with Crippen LogP contribution >= 0.6 is 11.3 Å². The molecule has 2 atom stereocenters. The van der Waals surface area contributed by atoms with Gasteiger partial charge < -0.3 is 5.11 Å². The maximum Gasteiger partial charge on any atom is 0.308 e. The smallest absolute Gasteiger partial charge is 0.308 e. The normalized spacial score (nSPS) is 24.8. The van der Waals surface area contributed by atoms with Gasteiger partial charge in [0.25, 0.3) is 0 Å². The highest BCUT2D eigenvalue weighted by Crippen LogP contribution is 2.31. The molecule has 1 aromatic heterocycles. The van der Waals surface area contributed by atoms with Crippen LogP contribution in [0.1, 0.15) is 37.4 Å². The monoisotopic (exact) mass is 281 g/mol. The van der Waals surface area contributed by atoms with Gasteiger partial charge in [-0.15, -0.1) is 11.3 Å². The minimum Gasteiger partial charge on any atom is -0.481 e. The molecule has 1 aliphatic rings. The second-order valence-corrected chi connectivity index (χ2v) is 7.80. The van der Waals surface area contributed by atoms with Gasteiger partial charge in [0, 0.05) is 29.4 Å². The highest BCUT2D eigenvalue weighted by atomic mass is 32.1. The van der Waals surface area contributed by atoms with E-state index in [2.05, 4.69) is 37.8 Å². The third-order valence-electron chi connectivity index (χ3n) is 3.79. The zero-order chi connectivity index (χ0) is 14.2. The third-order valence-corrected chi connectivity index (χ3v) is 5.28. The summed E-state index contributed by atoms with van der Waals surface area (Å²) in [6.07, 6.45) is 0. The van der Waals surface area contributed by atoms with Crippen LogP contribution in [0.15, 0.2) is 12.1 Å². The quantitative estimate of drug-likeness (QED) is 0.925. The van der Waals surface area contributed by atoms with Crippen molar-refractivity contribution in [3.05, 3.63) is 21.9 Å². The Morgan fingerprint density at radius 2 is 2.11 bits per heavy atom. The molecule has 0 saturated carbocycles. The molecule has 0 aromatic carbocycles. The lowest BCUT2D eigenvalue weighted by atomic mass is 9.95. The summed E-state index contributed by atoms with van der Waals surface area (Å²) in [5.41, 5.74) is 0.199. The Morgan fingerprint density at radius 3 is 2.58 bits per heavy atom. The van der Waals surface area contributed by atoms with Crippen molar-refractivity contribution in [2.75, 3.05) is 13.1 Å². The first-order valence-corrected chi connectivity index (χ1v) is 7.63. The molecule has 2 unspecified atom stereocenters. The Morgan fingerprint density at radius 1 is 1.42 bits per heavy atom. The SMILES string of the molecule is CC1CN(Cc2ccc(C(C)(C)C)s2)CC1C(=O)O. The molecule has 1 N–H and O–H groups in total. The van der Waals surface area contributed by atoms with Gasteiger partial charge in [-0.05, 0) is 23.5 Å². The number of hydrogen-bond acceptors (Lipinski definition) is 3. The van der Waals surface area contributed by atoms with Crippen molar-refractivity contribution in [1.82, 2.24) is 4.90 Å². The maximum atomic E-state index is 11.1. The summed E-state index contributed by atoms with van der Waals surface area (Å²) in [4.78, 5) is 16.1. The fourth-order valence-corrected chi connectivity index (χ4v) is 3.71. The Bertz CT molecular complexity index is 461. The number of nitrogens with zero attached hydrogens (tertiary/aromatic N) is 1. The molecule has 0 bridgehead atoms. The fourth-order valence-electron chi connectivity index (χ4n) is 2.60. The molecule has 106 valence electrons. The first kappa shape index (κ1) is 14.5. The van der Waals surface area contributed by atoms with Crippen molar-refractivity contribution in [1.29, 1.82) is 0 Å². The number of carbonyl (C=O) groups is 1. The van der Waals surface area contributed by atoms with Crippen LogP contribution in [0, 0.1) is 11.8 Å². The standard InChI is InChI=1S/C15H23NO2S/c1-10-7-16(9-12(10)14(17)18)8-11-5-6-13(19-11)15(2,3)4/h5-6,10,12H,7-9H2,1-4H3,(H,17,18). The average molecular weight is 281 g/mol. The summed E-state index contributed by atoms with van der Waals surface area (Å²) in [6, 6.07) is 4.39. The van der Waals surface area contributed by atoms with Gasteiger partial charge in [0.15, 0.2) is 0 Å². The van der Waals surface area contributed by atoms with Gasteiger partial charge in [-0.2, -0.15) is 0 Å². The minimum atomic E-state index is -0.656. The van der Waals surface area contributed by atoms with Gasteiger partial charge >= 0.3 is 5.97 Å². The summed E-state index contributed by atoms with van der Waals surface area (Å²) >= 11 is 1.85. The highest BCUT2D eigenvalue weighted by molar-refractivity contribution is 7.12. The first-order chi connectivity index (χ1) is 8.77. The highest BCUT2D eigenvalue weighted by Gasteiger charge is 2.34. The van der Waals surface area contributed by atoms with E-state index >= 15 is 0 Å². The lowest BCUT2D eigenvalue weighted by Crippen LogP contribution is -2.22. The molecule has 1 aromatic rings. The minimum absolute atomic E-state index is 0.199. The Balaban J connectivity index is 1.99. The molecule has 0 spiro atoms. The number of likely N-dealkylation sites (tertiary alicyclic amines) is 1. The molecule has 1 aliphatic heterocycles. The van der Waals surface area contributed by atoms with Crippen molar-refractivity contribution < 1.29 is 9.90 Å². The van der Waals surface area contributed by atoms with Crippen LogP contribution in [0.4, 0.5) is 0 Å². The predicted molar refractivity (Wildman–Crippen MR) is 78.6 cm³/mol. The number of aliphatic carboxylic acids is 1. The zero-order valence-corrected chi connectivity index (χ0v) is 13.0. The number of carboxylic acids is 1. The second kappa shape index (κ2) is 5.25. The van der Waals surface area contributed by atoms with E-state index in [9.17, 15) is 4.79 Å². The van der Waals surface area contributed by atoms with E-state index in [-0.39, 0.29) is 17.3 Å². The summed E-state index contributed by atoms with van der Waals surface area (Å²) in [5.74, 6) is -0.613. The van der Waals surface area contributed by atoms with Crippen molar-refractivity contribution in [2.24, 2.45) is 11.8 Å². The molecule has 19 heavy (non-hydrogen) atoms. The summed E-state index contributed by atoms with van der Waals surface area (Å²) in [6.45, 7) is 11.2. The van der Waals surface area contributed by atoms with Gasteiger partial charge in [-0.25, -0.2) is 0 Å². The molecular formula is C15H23NO2S. The van der Waals surface area contributed by atoms with Crippen molar-refractivity contribution >= 4 is 17.3 Å². The molecule has 3 nitrogen and oxygen atoms in total. The second-order valence-electron chi connectivity index (χ2n) is 6.63. The van der Waals surface area contributed by atoms with Crippen LogP contribution < -0.4 is 0 Å². The van der Waals surface area contributed by atoms with Gasteiger partial charge in [-0.1, -0.05) is 27.7 Å². The molecule has 0 radical (unpaired) electrons. The molecule has 1 fully saturated rings. The molecular weight excluding hydrogens is 258 g/mol. The predicted octanol–water partition coefficient (Wildman–Crippen LogP) is 3.20. The summed E-state index contributed by atoms with van der Waals surface area (Å²) in [5, 5.41) is 9.15. The first-order valence-electron chi connectivity index (χ1n) is 6.81. The van der Waals surface area contributed by atoms with Crippen LogP contribution in [-0.2, 0) is 16.8 Å². The van der Waals surface area contributed by atoms with Crippen LogP contribution in [0.5, 0.6) is 0 Å². The van der Waals surface area contributed by atoms with Crippen LogP contribution in [0.25, 0.3) is 0 Å². The van der Waals surface area contributed by atoms with Crippen LogP contribution in [-0.4, -0.2) is 29.1 Å². The van der Waals surface area contributed by atoms with Gasteiger partial charge in [0.2, 0.25) is 0 Å². The average Bonchev–Trinajstić information content (AvgIpc) is 2.85. The lowest BCUT2D eigenvalue weighted by Gasteiger charge is -2.16. The van der Waals surface area contributed by atoms with E-state index in [1.165, 1.54) is 9.75 Å². The topological polar surface area (TPSA) is 40.5 Å². The molecule has 0 aliphatic carbocycles. The van der Waals surface area contributed by atoms with Crippen LogP contribution in [0.3, 0.4) is 0 Å². The van der Waals surface area contributed by atoms with E-state index in [0.717, 1.165) is 13.1 Å². The van der Waals surface area contributed by atoms with Crippen molar-refractivity contribution in [3.63, 3.8) is 0 Å². The van der Waals surface area contributed by atoms with Crippen molar-refractivity contribution in [2.45, 2.75) is 39.7 Å². The number of rotatable bonds is 3. The molecule has 2 heterocycles. The van der Waals surface area contributed by atoms with Gasteiger partial charge in [-0.3, -0.25) is 9.69 Å². The lowest BCUT2D eigenvalue weighted by molar-refractivity contribution is -0.142. The van der Waals surface area contributed by atoms with Gasteiger partial charge in [0.1, 0.15) is 0 Å². The van der Waals surface area contributed by atoms with E-state index < -0.39 is 5.97 Å². The Hall–Kier alpha value is -0.870. The molecule has 1 saturated heterocycles. The van der Waals surface area contributed by atoms with Gasteiger partial charge in [0.05, 0.1) is 5.92 Å². The number of hydrogen-bond donors (Lipinski definition) is 1. The molecule has 0 amide bonds. The largest absolute Gasteiger partial charge is 0.481 e. The van der Waals surface area contributed by atoms with E-state index in [0.29, 0.717) is 6.54 Å². The molecule has 2 rings (SSSR count).